The van der Waals surface area contributed by atoms with Crippen molar-refractivity contribution in [3.8, 4) is 45.5 Å². The number of para-hydroxylation sites is 4. The molecule has 0 unspecified atom stereocenters. The quantitative estimate of drug-likeness (QED) is 0.174. The summed E-state index contributed by atoms with van der Waals surface area (Å²) < 4.78 is 7.14. The van der Waals surface area contributed by atoms with Gasteiger partial charge in [-0.1, -0.05) is 164 Å². The molecule has 0 aliphatic carbocycles. The summed E-state index contributed by atoms with van der Waals surface area (Å²) in [5.74, 6) is 1.81. The maximum atomic E-state index is 5.29. The first-order valence-electron chi connectivity index (χ1n) is 21.4. The fourth-order valence-corrected chi connectivity index (χ4v) is 10.3. The van der Waals surface area contributed by atoms with E-state index in [4.69, 9.17) is 15.0 Å². The summed E-state index contributed by atoms with van der Waals surface area (Å²) in [6, 6.07) is 73.7. The predicted molar refractivity (Wildman–Crippen MR) is 259 cm³/mol. The van der Waals surface area contributed by atoms with E-state index in [1.54, 1.807) is 0 Å². The number of rotatable bonds is 5. The number of aromatic nitrogens is 6. The lowest BCUT2D eigenvalue weighted by Gasteiger charge is -2.14. The first kappa shape index (κ1) is 34.1. The van der Waals surface area contributed by atoms with E-state index in [2.05, 4.69) is 183 Å². The Morgan fingerprint density at radius 2 is 0.730 bits per heavy atom. The second-order valence-electron chi connectivity index (χ2n) is 16.4. The van der Waals surface area contributed by atoms with Gasteiger partial charge in [-0.2, -0.15) is 9.97 Å². The SMILES string of the molecule is c1ccc(-c2nc(-c3ccccc3)nc(-n3c4ccccc4c4ccc5c6ccccc6n(-c6cccc(-c7ccc8c(c7)c7cccc9c%10ccccc%10n8c97)c6)c5c43)n2)cc1. The minimum atomic E-state index is 0.568. The molecule has 0 spiro atoms. The maximum Gasteiger partial charge on any atom is 0.238 e. The Bertz CT molecular complexity index is 4080. The molecular weight excluding hydrogens is 769 g/mol. The van der Waals surface area contributed by atoms with E-state index in [1.807, 2.05) is 36.4 Å². The summed E-state index contributed by atoms with van der Waals surface area (Å²) in [5, 5.41) is 9.73. The standard InChI is InChI=1S/C57H34N6/c1-3-15-35(16-4-1)55-58-56(36-17-5-2-6-18-36)60-57(59-55)63-50-28-12-9-23-42(50)46-31-30-45-41-22-7-10-26-48(41)61(53(45)54(46)63)39-20-13-19-37(33-39)38-29-32-51-47(34-38)44-25-14-24-43-40-21-8-11-27-49(40)62(51)52(43)44/h1-34H. The predicted octanol–water partition coefficient (Wildman–Crippen LogP) is 14.2. The Balaban J connectivity index is 1.04. The highest BCUT2D eigenvalue weighted by atomic mass is 15.2. The lowest BCUT2D eigenvalue weighted by molar-refractivity contribution is 0.953. The molecule has 63 heavy (non-hydrogen) atoms. The van der Waals surface area contributed by atoms with Crippen LogP contribution >= 0.6 is 0 Å². The van der Waals surface area contributed by atoms with Gasteiger partial charge in [-0.15, -0.1) is 0 Å². The zero-order valence-corrected chi connectivity index (χ0v) is 33.8. The number of hydrogen-bond donors (Lipinski definition) is 0. The molecule has 0 aliphatic heterocycles. The first-order chi connectivity index (χ1) is 31.3. The van der Waals surface area contributed by atoms with Gasteiger partial charge in [-0.3, -0.25) is 4.57 Å². The number of nitrogens with zero attached hydrogens (tertiary/aromatic N) is 6. The summed E-state index contributed by atoms with van der Waals surface area (Å²) in [5.41, 5.74) is 13.3. The van der Waals surface area contributed by atoms with E-state index in [0.717, 1.165) is 60.6 Å². The van der Waals surface area contributed by atoms with Crippen molar-refractivity contribution >= 4 is 81.7 Å². The third-order valence-corrected chi connectivity index (χ3v) is 13.0. The molecule has 0 saturated carbocycles. The molecule has 6 nitrogen and oxygen atoms in total. The fraction of sp³-hybridized carbons (Fsp3) is 0. The van der Waals surface area contributed by atoms with Crippen molar-refractivity contribution in [2.45, 2.75) is 0 Å². The van der Waals surface area contributed by atoms with Gasteiger partial charge in [-0.25, -0.2) is 4.98 Å². The number of fused-ring (bicyclic) bond motifs is 13. The Morgan fingerprint density at radius 1 is 0.270 bits per heavy atom. The van der Waals surface area contributed by atoms with E-state index < -0.39 is 0 Å². The van der Waals surface area contributed by atoms with Crippen molar-refractivity contribution in [1.82, 2.24) is 28.5 Å². The number of hydrogen-bond acceptors (Lipinski definition) is 3. The van der Waals surface area contributed by atoms with Gasteiger partial charge in [0.1, 0.15) is 0 Å². The summed E-state index contributed by atoms with van der Waals surface area (Å²) in [7, 11) is 0. The lowest BCUT2D eigenvalue weighted by Crippen LogP contribution is -2.07. The summed E-state index contributed by atoms with van der Waals surface area (Å²) in [4.78, 5) is 15.6. The molecule has 0 saturated heterocycles. The van der Waals surface area contributed by atoms with Crippen molar-refractivity contribution in [3.05, 3.63) is 206 Å². The van der Waals surface area contributed by atoms with Crippen molar-refractivity contribution in [2.24, 2.45) is 0 Å². The van der Waals surface area contributed by atoms with Gasteiger partial charge in [0.05, 0.1) is 38.6 Å². The highest BCUT2D eigenvalue weighted by Gasteiger charge is 2.24. The molecule has 0 amide bonds. The van der Waals surface area contributed by atoms with Crippen LogP contribution in [0.3, 0.4) is 0 Å². The molecule has 0 aliphatic rings. The van der Waals surface area contributed by atoms with Gasteiger partial charge in [0.25, 0.3) is 0 Å². The fourth-order valence-electron chi connectivity index (χ4n) is 10.3. The highest BCUT2D eigenvalue weighted by molar-refractivity contribution is 6.25. The van der Waals surface area contributed by atoms with E-state index in [0.29, 0.717) is 17.6 Å². The molecule has 0 radical (unpaired) electrons. The topological polar surface area (TPSA) is 52.9 Å². The van der Waals surface area contributed by atoms with Crippen molar-refractivity contribution in [3.63, 3.8) is 0 Å². The first-order valence-corrected chi connectivity index (χ1v) is 21.4. The van der Waals surface area contributed by atoms with Gasteiger partial charge < -0.3 is 8.97 Å². The average molecular weight is 803 g/mol. The Hall–Kier alpha value is -8.61. The van der Waals surface area contributed by atoms with Crippen LogP contribution in [0.2, 0.25) is 0 Å². The highest BCUT2D eigenvalue weighted by Crippen LogP contribution is 2.43. The van der Waals surface area contributed by atoms with Gasteiger partial charge in [0.15, 0.2) is 11.6 Å². The minimum Gasteiger partial charge on any atom is -0.308 e. The Morgan fingerprint density at radius 3 is 1.40 bits per heavy atom. The van der Waals surface area contributed by atoms with Gasteiger partial charge in [0.2, 0.25) is 5.95 Å². The molecule has 0 atom stereocenters. The molecule has 5 heterocycles. The monoisotopic (exact) mass is 802 g/mol. The van der Waals surface area contributed by atoms with Crippen LogP contribution in [0.25, 0.3) is 127 Å². The summed E-state index contributed by atoms with van der Waals surface area (Å²) in [6.07, 6.45) is 0. The van der Waals surface area contributed by atoms with Gasteiger partial charge in [-0.05, 0) is 53.6 Å². The zero-order valence-electron chi connectivity index (χ0n) is 33.8. The average Bonchev–Trinajstić information content (AvgIpc) is 4.09. The van der Waals surface area contributed by atoms with Crippen molar-refractivity contribution < 1.29 is 0 Å². The molecule has 9 aromatic carbocycles. The maximum absolute atomic E-state index is 5.29. The Labute approximate surface area is 360 Å². The molecule has 14 aromatic rings. The van der Waals surface area contributed by atoms with E-state index >= 15 is 0 Å². The van der Waals surface area contributed by atoms with Crippen LogP contribution in [-0.2, 0) is 0 Å². The molecule has 292 valence electrons. The molecule has 14 rings (SSSR count). The second-order valence-corrected chi connectivity index (χ2v) is 16.4. The van der Waals surface area contributed by atoms with Crippen LogP contribution in [-0.4, -0.2) is 28.5 Å². The van der Waals surface area contributed by atoms with E-state index in [1.165, 1.54) is 49.0 Å². The smallest absolute Gasteiger partial charge is 0.238 e. The van der Waals surface area contributed by atoms with Crippen LogP contribution in [0.5, 0.6) is 0 Å². The van der Waals surface area contributed by atoms with Crippen LogP contribution in [0.15, 0.2) is 206 Å². The second kappa shape index (κ2) is 12.9. The van der Waals surface area contributed by atoms with Crippen LogP contribution in [0.1, 0.15) is 0 Å². The van der Waals surface area contributed by atoms with Gasteiger partial charge >= 0.3 is 0 Å². The minimum absolute atomic E-state index is 0.568. The molecule has 0 N–H and O–H groups in total. The summed E-state index contributed by atoms with van der Waals surface area (Å²) in [6.45, 7) is 0. The van der Waals surface area contributed by atoms with Crippen molar-refractivity contribution in [1.29, 1.82) is 0 Å². The molecule has 5 aromatic heterocycles. The third kappa shape index (κ3) is 4.86. The Kier molecular flexibility index (Phi) is 7.02. The number of benzene rings is 9. The van der Waals surface area contributed by atoms with E-state index in [9.17, 15) is 0 Å². The normalized spacial score (nSPS) is 12.1. The molecule has 0 bridgehead atoms. The van der Waals surface area contributed by atoms with Crippen LogP contribution in [0.4, 0.5) is 0 Å². The van der Waals surface area contributed by atoms with Gasteiger partial charge in [0, 0.05) is 59.9 Å². The van der Waals surface area contributed by atoms with Crippen molar-refractivity contribution in [2.75, 3.05) is 0 Å². The largest absolute Gasteiger partial charge is 0.308 e. The lowest BCUT2D eigenvalue weighted by atomic mass is 10.0. The van der Waals surface area contributed by atoms with Crippen LogP contribution in [0, 0.1) is 0 Å². The molecular formula is C57H34N6. The van der Waals surface area contributed by atoms with Crippen LogP contribution < -0.4 is 0 Å². The third-order valence-electron chi connectivity index (χ3n) is 13.0. The molecule has 6 heteroatoms. The van der Waals surface area contributed by atoms with E-state index in [-0.39, 0.29) is 0 Å². The molecule has 0 fully saturated rings. The summed E-state index contributed by atoms with van der Waals surface area (Å²) >= 11 is 0. The zero-order chi connectivity index (χ0) is 41.2.